The van der Waals surface area contributed by atoms with Gasteiger partial charge in [-0.05, 0) is 24.1 Å². The van der Waals surface area contributed by atoms with Crippen molar-refractivity contribution in [1.29, 1.82) is 0 Å². The van der Waals surface area contributed by atoms with Crippen LogP contribution in [0.4, 0.5) is 0 Å². The standard InChI is InChI=1S/C23H26N4O2/c1-29-21-18-27(20-10-6-3-7-11-20)24-22(21)23(28)26-16-14-25(15-17-26)13-12-19-8-4-2-5-9-19/h2-11,18H,12-17H2,1H3. The molecule has 6 heteroatoms. The Morgan fingerprint density at radius 3 is 2.28 bits per heavy atom. The lowest BCUT2D eigenvalue weighted by Crippen LogP contribution is -2.49. The fourth-order valence-corrected chi connectivity index (χ4v) is 3.62. The van der Waals surface area contributed by atoms with E-state index in [0.717, 1.165) is 31.7 Å². The van der Waals surface area contributed by atoms with Gasteiger partial charge in [-0.1, -0.05) is 48.5 Å². The fraction of sp³-hybridized carbons (Fsp3) is 0.304. The van der Waals surface area contributed by atoms with E-state index in [1.165, 1.54) is 5.56 Å². The van der Waals surface area contributed by atoms with Crippen LogP contribution in [0.1, 0.15) is 16.1 Å². The molecule has 1 amide bonds. The Morgan fingerprint density at radius 1 is 0.966 bits per heavy atom. The zero-order valence-corrected chi connectivity index (χ0v) is 16.7. The number of hydrogen-bond donors (Lipinski definition) is 0. The lowest BCUT2D eigenvalue weighted by Gasteiger charge is -2.34. The molecule has 6 nitrogen and oxygen atoms in total. The van der Waals surface area contributed by atoms with Gasteiger partial charge in [0.25, 0.3) is 5.91 Å². The van der Waals surface area contributed by atoms with Gasteiger partial charge in [0.05, 0.1) is 19.0 Å². The van der Waals surface area contributed by atoms with Crippen LogP contribution in [0.25, 0.3) is 5.69 Å². The number of benzene rings is 2. The van der Waals surface area contributed by atoms with Gasteiger partial charge in [0.2, 0.25) is 0 Å². The van der Waals surface area contributed by atoms with Crippen molar-refractivity contribution < 1.29 is 9.53 Å². The van der Waals surface area contributed by atoms with Gasteiger partial charge in [-0.25, -0.2) is 4.68 Å². The van der Waals surface area contributed by atoms with Crippen molar-refractivity contribution in [2.24, 2.45) is 0 Å². The number of para-hydroxylation sites is 1. The summed E-state index contributed by atoms with van der Waals surface area (Å²) in [6.45, 7) is 4.17. The van der Waals surface area contributed by atoms with Crippen LogP contribution in [-0.4, -0.2) is 65.3 Å². The third kappa shape index (κ3) is 4.49. The summed E-state index contributed by atoms with van der Waals surface area (Å²) in [5, 5.41) is 4.51. The molecule has 0 spiro atoms. The summed E-state index contributed by atoms with van der Waals surface area (Å²) in [5.74, 6) is 0.435. The van der Waals surface area contributed by atoms with Crippen molar-refractivity contribution in [3.05, 3.63) is 78.1 Å². The van der Waals surface area contributed by atoms with Crippen molar-refractivity contribution >= 4 is 5.91 Å². The van der Waals surface area contributed by atoms with Gasteiger partial charge in [-0.3, -0.25) is 9.69 Å². The van der Waals surface area contributed by atoms with E-state index >= 15 is 0 Å². The summed E-state index contributed by atoms with van der Waals surface area (Å²) < 4.78 is 7.12. The van der Waals surface area contributed by atoms with E-state index in [0.29, 0.717) is 24.5 Å². The Morgan fingerprint density at radius 2 is 1.62 bits per heavy atom. The monoisotopic (exact) mass is 390 g/mol. The Labute approximate surface area is 171 Å². The normalized spacial score (nSPS) is 14.7. The third-order valence-corrected chi connectivity index (χ3v) is 5.34. The molecular formula is C23H26N4O2. The Bertz CT molecular complexity index is 932. The zero-order chi connectivity index (χ0) is 20.1. The smallest absolute Gasteiger partial charge is 0.278 e. The van der Waals surface area contributed by atoms with Crippen LogP contribution < -0.4 is 4.74 Å². The number of nitrogens with zero attached hydrogens (tertiary/aromatic N) is 4. The molecule has 1 aromatic heterocycles. The first-order valence-corrected chi connectivity index (χ1v) is 9.99. The first-order chi connectivity index (χ1) is 14.2. The van der Waals surface area contributed by atoms with Crippen LogP contribution in [0.2, 0.25) is 0 Å². The first-order valence-electron chi connectivity index (χ1n) is 9.99. The molecule has 3 aromatic rings. The number of amides is 1. The highest BCUT2D eigenvalue weighted by atomic mass is 16.5. The molecular weight excluding hydrogens is 364 g/mol. The molecule has 4 rings (SSSR count). The predicted octanol–water partition coefficient (Wildman–Crippen LogP) is 2.88. The van der Waals surface area contributed by atoms with E-state index in [-0.39, 0.29) is 5.91 Å². The highest BCUT2D eigenvalue weighted by Crippen LogP contribution is 2.21. The fourth-order valence-electron chi connectivity index (χ4n) is 3.62. The summed E-state index contributed by atoms with van der Waals surface area (Å²) in [6, 6.07) is 20.3. The first kappa shape index (κ1) is 19.2. The topological polar surface area (TPSA) is 50.6 Å². The highest BCUT2D eigenvalue weighted by Gasteiger charge is 2.27. The van der Waals surface area contributed by atoms with E-state index in [2.05, 4.69) is 34.3 Å². The highest BCUT2D eigenvalue weighted by molar-refractivity contribution is 5.95. The van der Waals surface area contributed by atoms with Gasteiger partial charge in [0.15, 0.2) is 11.4 Å². The van der Waals surface area contributed by atoms with Crippen LogP contribution in [0, 0.1) is 0 Å². The summed E-state index contributed by atoms with van der Waals surface area (Å²) in [4.78, 5) is 17.3. The minimum absolute atomic E-state index is 0.0701. The minimum Gasteiger partial charge on any atom is -0.493 e. The maximum atomic E-state index is 13.1. The molecule has 2 aromatic carbocycles. The SMILES string of the molecule is COc1cn(-c2ccccc2)nc1C(=O)N1CCN(CCc2ccccc2)CC1. The molecule has 0 saturated carbocycles. The summed E-state index contributed by atoms with van der Waals surface area (Å²) in [5.41, 5.74) is 2.62. The summed E-state index contributed by atoms with van der Waals surface area (Å²) >= 11 is 0. The molecule has 0 bridgehead atoms. The Balaban J connectivity index is 1.37. The lowest BCUT2D eigenvalue weighted by molar-refractivity contribution is 0.0629. The molecule has 0 radical (unpaired) electrons. The molecule has 29 heavy (non-hydrogen) atoms. The number of carbonyl (C=O) groups is 1. The second-order valence-corrected chi connectivity index (χ2v) is 7.20. The molecule has 1 aliphatic rings. The number of hydrogen-bond acceptors (Lipinski definition) is 4. The van der Waals surface area contributed by atoms with Gasteiger partial charge in [0.1, 0.15) is 0 Å². The second-order valence-electron chi connectivity index (χ2n) is 7.20. The third-order valence-electron chi connectivity index (χ3n) is 5.34. The van der Waals surface area contributed by atoms with E-state index in [1.54, 1.807) is 18.0 Å². The van der Waals surface area contributed by atoms with E-state index in [1.807, 2.05) is 41.3 Å². The maximum Gasteiger partial charge on any atom is 0.278 e. The molecule has 0 unspecified atom stereocenters. The van der Waals surface area contributed by atoms with Gasteiger partial charge in [-0.2, -0.15) is 5.10 Å². The number of rotatable bonds is 6. The van der Waals surface area contributed by atoms with Crippen LogP contribution in [0.15, 0.2) is 66.9 Å². The molecule has 0 atom stereocenters. The number of aromatic nitrogens is 2. The predicted molar refractivity (Wildman–Crippen MR) is 113 cm³/mol. The Kier molecular flexibility index (Phi) is 5.91. The van der Waals surface area contributed by atoms with E-state index in [9.17, 15) is 4.79 Å². The van der Waals surface area contributed by atoms with Crippen molar-refractivity contribution in [3.8, 4) is 11.4 Å². The van der Waals surface area contributed by atoms with Crippen LogP contribution in [0.3, 0.4) is 0 Å². The molecule has 150 valence electrons. The van der Waals surface area contributed by atoms with Crippen molar-refractivity contribution in [2.45, 2.75) is 6.42 Å². The van der Waals surface area contributed by atoms with Gasteiger partial charge in [-0.15, -0.1) is 0 Å². The van der Waals surface area contributed by atoms with Crippen LogP contribution in [-0.2, 0) is 6.42 Å². The van der Waals surface area contributed by atoms with Crippen LogP contribution in [0.5, 0.6) is 5.75 Å². The average molecular weight is 390 g/mol. The average Bonchev–Trinajstić information content (AvgIpc) is 3.23. The molecule has 1 aliphatic heterocycles. The van der Waals surface area contributed by atoms with Gasteiger partial charge < -0.3 is 9.64 Å². The number of piperazine rings is 1. The lowest BCUT2D eigenvalue weighted by atomic mass is 10.1. The quantitative estimate of drug-likeness (QED) is 0.649. The van der Waals surface area contributed by atoms with Gasteiger partial charge in [0, 0.05) is 32.7 Å². The number of methoxy groups -OCH3 is 1. The van der Waals surface area contributed by atoms with E-state index in [4.69, 9.17) is 4.74 Å². The minimum atomic E-state index is -0.0701. The van der Waals surface area contributed by atoms with Crippen molar-refractivity contribution in [3.63, 3.8) is 0 Å². The van der Waals surface area contributed by atoms with E-state index < -0.39 is 0 Å². The molecule has 2 heterocycles. The summed E-state index contributed by atoms with van der Waals surface area (Å²) in [6.07, 6.45) is 2.79. The van der Waals surface area contributed by atoms with Crippen LogP contribution >= 0.6 is 0 Å². The molecule has 1 saturated heterocycles. The molecule has 0 N–H and O–H groups in total. The zero-order valence-electron chi connectivity index (χ0n) is 16.7. The largest absolute Gasteiger partial charge is 0.493 e. The van der Waals surface area contributed by atoms with Crippen molar-refractivity contribution in [2.75, 3.05) is 39.8 Å². The maximum absolute atomic E-state index is 13.1. The van der Waals surface area contributed by atoms with Gasteiger partial charge >= 0.3 is 0 Å². The Hall–Kier alpha value is -3.12. The summed E-state index contributed by atoms with van der Waals surface area (Å²) in [7, 11) is 1.57. The van der Waals surface area contributed by atoms with Crippen molar-refractivity contribution in [1.82, 2.24) is 19.6 Å². The second kappa shape index (κ2) is 8.92. The molecule has 0 aliphatic carbocycles. The molecule has 1 fully saturated rings. The number of carbonyl (C=O) groups excluding carboxylic acids is 1. The number of ether oxygens (including phenoxy) is 1.